The Kier molecular flexibility index (Phi) is 32.0. The summed E-state index contributed by atoms with van der Waals surface area (Å²) >= 11 is 0. The number of hydrogen-bond acceptors (Lipinski definition) is 12. The third kappa shape index (κ3) is 21.8. The lowest BCUT2D eigenvalue weighted by molar-refractivity contribution is -0.157. The summed E-state index contributed by atoms with van der Waals surface area (Å²) < 4.78 is 0. The van der Waals surface area contributed by atoms with Gasteiger partial charge >= 0.3 is 0 Å². The number of carbonyl (C=O) groups excluding carboxylic acids is 11. The van der Waals surface area contributed by atoms with Gasteiger partial charge in [0.05, 0.1) is 12.6 Å². The molecule has 0 aromatic heterocycles. The van der Waals surface area contributed by atoms with E-state index in [2.05, 4.69) is 21.3 Å². The van der Waals surface area contributed by atoms with Gasteiger partial charge < -0.3 is 60.7 Å². The number of amides is 11. The molecule has 1 rings (SSSR count). The van der Waals surface area contributed by atoms with Gasteiger partial charge in [0.2, 0.25) is 65.0 Å². The normalized spacial score (nSPS) is 26.7. The van der Waals surface area contributed by atoms with Gasteiger partial charge in [0, 0.05) is 49.3 Å². The fourth-order valence-corrected chi connectivity index (χ4v) is 11.0. The van der Waals surface area contributed by atoms with E-state index in [9.17, 15) is 48.3 Å². The minimum absolute atomic E-state index is 0.129. The summed E-state index contributed by atoms with van der Waals surface area (Å²) in [5, 5.41) is 23.3. The summed E-state index contributed by atoms with van der Waals surface area (Å²) in [4.78, 5) is 169. The summed E-state index contributed by atoms with van der Waals surface area (Å²) in [5.41, 5.74) is 0. The van der Waals surface area contributed by atoms with E-state index in [0.717, 1.165) is 16.2 Å². The first-order valence-electron chi connectivity index (χ1n) is 31.3. The van der Waals surface area contributed by atoms with Crippen molar-refractivity contribution in [2.75, 3.05) is 55.9 Å². The fourth-order valence-electron chi connectivity index (χ4n) is 11.0. The van der Waals surface area contributed by atoms with Crippen LogP contribution in [0, 0.1) is 47.3 Å². The minimum Gasteiger partial charge on any atom is -0.390 e. The Balaban J connectivity index is 4.36. The van der Waals surface area contributed by atoms with Gasteiger partial charge in [0.25, 0.3) is 0 Å². The molecule has 0 saturated carbocycles. The van der Waals surface area contributed by atoms with Gasteiger partial charge in [-0.2, -0.15) is 0 Å². The van der Waals surface area contributed by atoms with Crippen molar-refractivity contribution in [3.05, 3.63) is 0 Å². The van der Waals surface area contributed by atoms with Crippen LogP contribution in [0.4, 0.5) is 0 Å². The van der Waals surface area contributed by atoms with Crippen LogP contribution in [-0.2, 0) is 52.7 Å². The predicted octanol–water partition coefficient (Wildman–Crippen LogP) is 3.74. The molecular formula is C63H115N11O12. The highest BCUT2D eigenvalue weighted by atomic mass is 16.3. The molecule has 494 valence electrons. The lowest BCUT2D eigenvalue weighted by Crippen LogP contribution is -2.64. The molecule has 23 nitrogen and oxygen atoms in total. The predicted molar refractivity (Wildman–Crippen MR) is 333 cm³/mol. The first kappa shape index (κ1) is 78.1. The monoisotopic (exact) mass is 1220 g/mol. The molecule has 0 bridgehead atoms. The van der Waals surface area contributed by atoms with Crippen molar-refractivity contribution in [1.29, 1.82) is 0 Å². The topological polar surface area (TPSA) is 279 Å². The second-order valence-electron chi connectivity index (χ2n) is 27.2. The molecule has 11 amide bonds. The molecule has 23 heteroatoms. The van der Waals surface area contributed by atoms with E-state index in [1.165, 1.54) is 87.7 Å². The number of rotatable bonds is 16. The molecule has 0 aromatic rings. The summed E-state index contributed by atoms with van der Waals surface area (Å²) in [6.45, 7) is 31.4. The molecule has 1 unspecified atom stereocenters. The number of likely N-dealkylation sites (N-methyl/N-ethyl adjacent to an activating group) is 7. The van der Waals surface area contributed by atoms with Crippen molar-refractivity contribution >= 4 is 65.0 Å². The molecule has 5 N–H and O–H groups in total. The van der Waals surface area contributed by atoms with Crippen molar-refractivity contribution < 1.29 is 57.8 Å². The van der Waals surface area contributed by atoms with Crippen LogP contribution in [0.2, 0.25) is 0 Å². The number of aliphatic hydroxyl groups excluding tert-OH is 1. The van der Waals surface area contributed by atoms with Gasteiger partial charge in [-0.15, -0.1) is 0 Å². The Hall–Kier alpha value is -5.87. The summed E-state index contributed by atoms with van der Waals surface area (Å²) in [6.07, 6.45) is 1.14. The van der Waals surface area contributed by atoms with Crippen molar-refractivity contribution in [2.24, 2.45) is 47.3 Å². The van der Waals surface area contributed by atoms with E-state index >= 15 is 9.59 Å². The van der Waals surface area contributed by atoms with E-state index in [1.54, 1.807) is 48.5 Å². The van der Waals surface area contributed by atoms with Gasteiger partial charge in [0.15, 0.2) is 0 Å². The van der Waals surface area contributed by atoms with Gasteiger partial charge in [-0.25, -0.2) is 0 Å². The maximum atomic E-state index is 15.2. The maximum Gasteiger partial charge on any atom is 0.246 e. The zero-order chi connectivity index (χ0) is 66.8. The van der Waals surface area contributed by atoms with Crippen LogP contribution in [-0.4, -0.2) is 227 Å². The molecule has 12 atom stereocenters. The molecular weight excluding hydrogens is 1100 g/mol. The van der Waals surface area contributed by atoms with Crippen LogP contribution in [0.15, 0.2) is 0 Å². The Morgan fingerprint density at radius 2 is 0.779 bits per heavy atom. The number of nitrogens with one attached hydrogen (secondary N) is 4. The minimum atomic E-state index is -1.59. The summed E-state index contributed by atoms with van der Waals surface area (Å²) in [7, 11) is 9.98. The number of hydrogen-bond donors (Lipinski definition) is 5. The van der Waals surface area contributed by atoms with Crippen molar-refractivity contribution in [3.8, 4) is 0 Å². The molecule has 1 heterocycles. The zero-order valence-electron chi connectivity index (χ0n) is 57.2. The van der Waals surface area contributed by atoms with Crippen LogP contribution < -0.4 is 21.3 Å². The molecule has 86 heavy (non-hydrogen) atoms. The van der Waals surface area contributed by atoms with Gasteiger partial charge in [-0.05, 0) is 93.3 Å². The SMILES string of the molecule is CCCC[C@@H](C)[C@@H](O)C1C(=O)N[C@@H](C(C)C)C(=O)N(C)CC(=O)N(C)[C@@H](CC(C)C)C(=O)N[C@@H](C(C)C)C(=O)N(C)[C@@H](CC(C)C)C(=O)N[C@@H](C)C(=O)N[C@H](C)C(=O)N(C)[C@H](CC(C)C)C(=O)N(C)[C@@H](CC(C)C)C(=O)N(C)[C@@H](C(C)C)C(=O)N1C. The van der Waals surface area contributed by atoms with Crippen molar-refractivity contribution in [3.63, 3.8) is 0 Å². The van der Waals surface area contributed by atoms with Gasteiger partial charge in [-0.3, -0.25) is 52.7 Å². The molecule has 0 aliphatic carbocycles. The highest BCUT2D eigenvalue weighted by Crippen LogP contribution is 2.26. The fraction of sp³-hybridized carbons (Fsp3) is 0.825. The highest BCUT2D eigenvalue weighted by Gasteiger charge is 2.46. The third-order valence-corrected chi connectivity index (χ3v) is 16.6. The van der Waals surface area contributed by atoms with Gasteiger partial charge in [0.1, 0.15) is 60.4 Å². The second-order valence-corrected chi connectivity index (χ2v) is 27.2. The zero-order valence-corrected chi connectivity index (χ0v) is 57.2. The van der Waals surface area contributed by atoms with E-state index < -0.39 is 162 Å². The van der Waals surface area contributed by atoms with Crippen molar-refractivity contribution in [2.45, 2.75) is 236 Å². The molecule has 1 aliphatic rings. The van der Waals surface area contributed by atoms with Crippen LogP contribution in [0.25, 0.3) is 0 Å². The van der Waals surface area contributed by atoms with E-state index in [-0.39, 0.29) is 49.4 Å². The summed E-state index contributed by atoms with van der Waals surface area (Å²) in [5.74, 6) is -10.1. The van der Waals surface area contributed by atoms with Crippen LogP contribution in [0.1, 0.15) is 170 Å². The number of unbranched alkanes of at least 4 members (excludes halogenated alkanes) is 1. The molecule has 0 radical (unpaired) electrons. The van der Waals surface area contributed by atoms with E-state index in [1.807, 2.05) is 62.3 Å². The lowest BCUT2D eigenvalue weighted by atomic mass is 9.90. The second kappa shape index (κ2) is 35.2. The first-order valence-corrected chi connectivity index (χ1v) is 31.3. The average Bonchev–Trinajstić information content (AvgIpc) is 2.16. The molecule has 0 spiro atoms. The molecule has 1 fully saturated rings. The standard InChI is InChI=1S/C63H115N11O12/c1-26-27-28-41(16)53(76)52-57(80)67-49(38(10)11)61(84)68(19)33-48(75)69(20)44(29-34(2)3)56(79)66-50(39(12)13)62(85)70(21)45(30-35(4)5)55(78)64-42(17)54(77)65-43(18)58(81)71(22)46(31-36(6)7)59(82)72(23)47(32-37(8)9)60(83)73(24)51(40(14)15)63(86)74(52)25/h34-47,49-53,76H,26-33H2,1-25H3,(H,64,78)(H,65,77)(H,66,79)(H,67,80)/t41-,42+,43-,44+,45+,46-,47+,49+,50+,51+,52?,53-/m1/s1. The van der Waals surface area contributed by atoms with E-state index in [4.69, 9.17) is 0 Å². The lowest BCUT2D eigenvalue weighted by Gasteiger charge is -2.42. The Morgan fingerprint density at radius 3 is 1.22 bits per heavy atom. The van der Waals surface area contributed by atoms with Crippen LogP contribution in [0.5, 0.6) is 0 Å². The van der Waals surface area contributed by atoms with Crippen LogP contribution in [0.3, 0.4) is 0 Å². The highest BCUT2D eigenvalue weighted by molar-refractivity contribution is 5.99. The van der Waals surface area contributed by atoms with Crippen molar-refractivity contribution in [1.82, 2.24) is 55.6 Å². The van der Waals surface area contributed by atoms with E-state index in [0.29, 0.717) is 12.8 Å². The average molecular weight is 1220 g/mol. The Morgan fingerprint density at radius 1 is 0.407 bits per heavy atom. The Bertz CT molecular complexity index is 2310. The number of carbonyl (C=O) groups is 11. The first-order chi connectivity index (χ1) is 39.6. The quantitative estimate of drug-likeness (QED) is 0.148. The smallest absolute Gasteiger partial charge is 0.246 e. The number of nitrogens with zero attached hydrogens (tertiary/aromatic N) is 7. The number of aliphatic hydroxyl groups is 1. The third-order valence-electron chi connectivity index (χ3n) is 16.6. The largest absolute Gasteiger partial charge is 0.390 e. The molecule has 0 aromatic carbocycles. The maximum absolute atomic E-state index is 15.2. The molecule has 1 aliphatic heterocycles. The van der Waals surface area contributed by atoms with Gasteiger partial charge in [-0.1, -0.05) is 124 Å². The summed E-state index contributed by atoms with van der Waals surface area (Å²) in [6, 6.07) is -12.3. The Labute approximate surface area is 515 Å². The molecule has 1 saturated heterocycles. The van der Waals surface area contributed by atoms with Crippen LogP contribution >= 0.6 is 0 Å².